The minimum Gasteiger partial charge on any atom is -0.495 e. The van der Waals surface area contributed by atoms with E-state index in [1.807, 2.05) is 6.08 Å². The minimum absolute atomic E-state index is 0.0754. The predicted octanol–water partition coefficient (Wildman–Crippen LogP) is 4.06. The number of carboxylic acids is 1. The van der Waals surface area contributed by atoms with Gasteiger partial charge in [0.2, 0.25) is 0 Å². The van der Waals surface area contributed by atoms with Gasteiger partial charge in [-0.15, -0.1) is 0 Å². The smallest absolute Gasteiger partial charge is 0.303 e. The van der Waals surface area contributed by atoms with Crippen molar-refractivity contribution < 1.29 is 24.5 Å². The third-order valence-electron chi connectivity index (χ3n) is 5.54. The van der Waals surface area contributed by atoms with E-state index in [4.69, 9.17) is 14.6 Å². The Hall–Kier alpha value is -1.33. The molecule has 5 heteroatoms. The summed E-state index contributed by atoms with van der Waals surface area (Å²) in [6.07, 6.45) is 13.7. The van der Waals surface area contributed by atoms with Crippen molar-refractivity contribution in [2.75, 3.05) is 7.11 Å². The Morgan fingerprint density at radius 1 is 1.38 bits per heavy atom. The van der Waals surface area contributed by atoms with Gasteiger partial charge in [0.1, 0.15) is 6.10 Å². The quantitative estimate of drug-likeness (QED) is 0.426. The van der Waals surface area contributed by atoms with E-state index in [2.05, 4.69) is 19.1 Å². The third-order valence-corrected chi connectivity index (χ3v) is 5.54. The summed E-state index contributed by atoms with van der Waals surface area (Å²) in [5.41, 5.74) is 0. The van der Waals surface area contributed by atoms with Crippen LogP contribution in [0.2, 0.25) is 0 Å². The van der Waals surface area contributed by atoms with E-state index in [-0.39, 0.29) is 30.7 Å². The van der Waals surface area contributed by atoms with Crippen LogP contribution in [0.1, 0.15) is 64.7 Å². The number of fused-ring (bicyclic) bond motifs is 1. The highest BCUT2D eigenvalue weighted by Crippen LogP contribution is 2.45. The van der Waals surface area contributed by atoms with Crippen molar-refractivity contribution in [1.82, 2.24) is 0 Å². The third kappa shape index (κ3) is 6.13. The average Bonchev–Trinajstić information content (AvgIpc) is 3.11. The van der Waals surface area contributed by atoms with Crippen LogP contribution in [0.4, 0.5) is 0 Å². The first-order chi connectivity index (χ1) is 12.5. The van der Waals surface area contributed by atoms with Gasteiger partial charge in [0.05, 0.1) is 18.0 Å². The van der Waals surface area contributed by atoms with Gasteiger partial charge < -0.3 is 19.7 Å². The highest BCUT2D eigenvalue weighted by molar-refractivity contribution is 5.66. The van der Waals surface area contributed by atoms with E-state index in [0.717, 1.165) is 31.4 Å². The maximum Gasteiger partial charge on any atom is 0.303 e. The molecule has 0 aromatic carbocycles. The van der Waals surface area contributed by atoms with Crippen LogP contribution in [0.3, 0.4) is 0 Å². The number of hydrogen-bond donors (Lipinski definition) is 2. The number of rotatable bonds is 11. The SMILES string of the molecule is CCCCC[C@@H](/C=C/[C@@H]1[C@H]2C/C(=C/CCCC(=O)O)O[C@H]2C[C@H]1O)OC. The van der Waals surface area contributed by atoms with Gasteiger partial charge in [-0.05, 0) is 25.3 Å². The minimum atomic E-state index is -0.757. The Morgan fingerprint density at radius 3 is 2.88 bits per heavy atom. The number of aliphatic hydroxyl groups excluding tert-OH is 1. The van der Waals surface area contributed by atoms with Crippen molar-refractivity contribution in [2.24, 2.45) is 11.8 Å². The molecule has 2 fully saturated rings. The standard InChI is InChI=1S/C21H34O5/c1-3-4-5-8-15(25-2)11-12-17-18-13-16(9-6-7-10-21(23)24)26-20(18)14-19(17)22/h9,11-12,15,17-20,22H,3-8,10,13-14H2,1-2H3,(H,23,24)/b12-11+,16-9-/t15-,17+,18+,19+,20-/m0/s1. The normalized spacial score (nSPS) is 30.7. The first kappa shape index (κ1) is 21.0. The first-order valence-electron chi connectivity index (χ1n) is 10.0. The lowest BCUT2D eigenvalue weighted by molar-refractivity contribution is -0.137. The lowest BCUT2D eigenvalue weighted by Gasteiger charge is -2.17. The Bertz CT molecular complexity index is 499. The van der Waals surface area contributed by atoms with Crippen LogP contribution in [0.25, 0.3) is 0 Å². The molecule has 1 saturated carbocycles. The number of methoxy groups -OCH3 is 1. The van der Waals surface area contributed by atoms with Crippen molar-refractivity contribution in [2.45, 2.75) is 83.0 Å². The van der Waals surface area contributed by atoms with Crippen LogP contribution in [0, 0.1) is 11.8 Å². The number of carbonyl (C=O) groups is 1. The summed E-state index contributed by atoms with van der Waals surface area (Å²) in [7, 11) is 1.74. The Labute approximate surface area is 157 Å². The van der Waals surface area contributed by atoms with E-state index in [1.54, 1.807) is 7.11 Å². The molecule has 1 aliphatic carbocycles. The molecule has 0 spiro atoms. The summed E-state index contributed by atoms with van der Waals surface area (Å²) >= 11 is 0. The molecule has 0 amide bonds. The molecule has 2 rings (SSSR count). The molecule has 0 unspecified atom stereocenters. The highest BCUT2D eigenvalue weighted by atomic mass is 16.5. The van der Waals surface area contributed by atoms with Crippen molar-refractivity contribution in [3.05, 3.63) is 24.0 Å². The molecule has 0 aromatic heterocycles. The largest absolute Gasteiger partial charge is 0.495 e. The molecule has 0 bridgehead atoms. The Kier molecular flexibility index (Phi) is 8.66. The number of aliphatic carboxylic acids is 1. The molecule has 2 aliphatic rings. The monoisotopic (exact) mass is 366 g/mol. The van der Waals surface area contributed by atoms with Gasteiger partial charge in [-0.2, -0.15) is 0 Å². The fourth-order valence-corrected chi connectivity index (χ4v) is 4.04. The maximum absolute atomic E-state index is 10.6. The molecule has 0 radical (unpaired) electrons. The number of ether oxygens (including phenoxy) is 2. The van der Waals surface area contributed by atoms with E-state index < -0.39 is 5.97 Å². The van der Waals surface area contributed by atoms with Crippen LogP contribution in [0.15, 0.2) is 24.0 Å². The van der Waals surface area contributed by atoms with E-state index in [1.165, 1.54) is 12.8 Å². The molecule has 148 valence electrons. The number of carboxylic acid groups (broad SMARTS) is 1. The number of unbranched alkanes of at least 4 members (excludes halogenated alkanes) is 3. The van der Waals surface area contributed by atoms with Gasteiger partial charge in [0.15, 0.2) is 0 Å². The number of allylic oxidation sites excluding steroid dienone is 2. The van der Waals surface area contributed by atoms with E-state index >= 15 is 0 Å². The summed E-state index contributed by atoms with van der Waals surface area (Å²) in [6.45, 7) is 2.19. The van der Waals surface area contributed by atoms with Crippen molar-refractivity contribution in [3.8, 4) is 0 Å². The van der Waals surface area contributed by atoms with E-state index in [0.29, 0.717) is 18.8 Å². The second kappa shape index (κ2) is 10.7. The van der Waals surface area contributed by atoms with Gasteiger partial charge in [0, 0.05) is 38.2 Å². The van der Waals surface area contributed by atoms with Gasteiger partial charge >= 0.3 is 5.97 Å². The summed E-state index contributed by atoms with van der Waals surface area (Å²) < 4.78 is 11.5. The van der Waals surface area contributed by atoms with Crippen LogP contribution in [-0.4, -0.2) is 41.6 Å². The predicted molar refractivity (Wildman–Crippen MR) is 101 cm³/mol. The lowest BCUT2D eigenvalue weighted by atomic mass is 9.90. The molecular formula is C21H34O5. The molecule has 1 heterocycles. The first-order valence-corrected chi connectivity index (χ1v) is 10.0. The highest BCUT2D eigenvalue weighted by Gasteiger charge is 2.46. The zero-order valence-electron chi connectivity index (χ0n) is 16.1. The van der Waals surface area contributed by atoms with Crippen LogP contribution in [0.5, 0.6) is 0 Å². The van der Waals surface area contributed by atoms with Gasteiger partial charge in [-0.25, -0.2) is 0 Å². The molecule has 1 saturated heterocycles. The molecular weight excluding hydrogens is 332 g/mol. The molecule has 5 nitrogen and oxygen atoms in total. The molecule has 0 aromatic rings. The summed E-state index contributed by atoms with van der Waals surface area (Å²) in [5.74, 6) is 0.614. The Morgan fingerprint density at radius 2 is 2.19 bits per heavy atom. The lowest BCUT2D eigenvalue weighted by Crippen LogP contribution is -2.18. The molecule has 5 atom stereocenters. The van der Waals surface area contributed by atoms with Crippen molar-refractivity contribution >= 4 is 5.97 Å². The topological polar surface area (TPSA) is 76.0 Å². The second-order valence-electron chi connectivity index (χ2n) is 7.52. The molecule has 26 heavy (non-hydrogen) atoms. The summed E-state index contributed by atoms with van der Waals surface area (Å²) in [4.78, 5) is 10.6. The van der Waals surface area contributed by atoms with E-state index in [9.17, 15) is 9.90 Å². The zero-order chi connectivity index (χ0) is 18.9. The zero-order valence-corrected chi connectivity index (χ0v) is 16.1. The maximum atomic E-state index is 10.6. The van der Waals surface area contributed by atoms with Crippen molar-refractivity contribution in [1.29, 1.82) is 0 Å². The van der Waals surface area contributed by atoms with Gasteiger partial charge in [-0.1, -0.05) is 38.3 Å². The number of hydrogen-bond acceptors (Lipinski definition) is 4. The van der Waals surface area contributed by atoms with Gasteiger partial charge in [-0.3, -0.25) is 4.79 Å². The molecule has 2 N–H and O–H groups in total. The van der Waals surface area contributed by atoms with Crippen molar-refractivity contribution in [3.63, 3.8) is 0 Å². The number of aliphatic hydroxyl groups is 1. The van der Waals surface area contributed by atoms with Gasteiger partial charge in [0.25, 0.3) is 0 Å². The average molecular weight is 366 g/mol. The van der Waals surface area contributed by atoms with Crippen LogP contribution in [-0.2, 0) is 14.3 Å². The fourth-order valence-electron chi connectivity index (χ4n) is 4.04. The summed E-state index contributed by atoms with van der Waals surface area (Å²) in [5, 5.41) is 19.1. The Balaban J connectivity index is 1.86. The molecule has 1 aliphatic heterocycles. The fraction of sp³-hybridized carbons (Fsp3) is 0.762. The second-order valence-corrected chi connectivity index (χ2v) is 7.52. The van der Waals surface area contributed by atoms with Crippen LogP contribution < -0.4 is 0 Å². The van der Waals surface area contributed by atoms with Crippen LogP contribution >= 0.6 is 0 Å². The summed E-state index contributed by atoms with van der Waals surface area (Å²) in [6, 6.07) is 0.